The molecule has 3 aromatic carbocycles. The number of carbonyl (C=O) groups is 1. The van der Waals surface area contributed by atoms with Gasteiger partial charge in [-0.1, -0.05) is 24.8 Å². The topological polar surface area (TPSA) is 85.4 Å². The highest BCUT2D eigenvalue weighted by molar-refractivity contribution is 6.01. The minimum atomic E-state index is -0.287. The number of methoxy groups -OCH3 is 2. The summed E-state index contributed by atoms with van der Waals surface area (Å²) in [4.78, 5) is 20.9. The molecule has 1 aromatic heterocycles. The summed E-state index contributed by atoms with van der Waals surface area (Å²) >= 11 is 0. The summed E-state index contributed by atoms with van der Waals surface area (Å²) in [5.74, 6) is 1.59. The van der Waals surface area contributed by atoms with Crippen LogP contribution in [0.3, 0.4) is 0 Å². The lowest BCUT2D eigenvalue weighted by molar-refractivity contribution is -0.111. The lowest BCUT2D eigenvalue weighted by Crippen LogP contribution is -2.10. The molecule has 0 radical (unpaired) electrons. The van der Waals surface area contributed by atoms with Gasteiger partial charge in [0.1, 0.15) is 11.5 Å². The normalized spacial score (nSPS) is 10.5. The Labute approximate surface area is 192 Å². The van der Waals surface area contributed by atoms with Gasteiger partial charge in [-0.15, -0.1) is 0 Å². The molecule has 0 spiro atoms. The third-order valence-corrected chi connectivity index (χ3v) is 5.22. The van der Waals surface area contributed by atoms with Crippen LogP contribution in [0.1, 0.15) is 5.56 Å². The Hall–Kier alpha value is -4.39. The van der Waals surface area contributed by atoms with Gasteiger partial charge in [-0.3, -0.25) is 4.79 Å². The van der Waals surface area contributed by atoms with Gasteiger partial charge in [-0.05, 0) is 60.0 Å². The van der Waals surface area contributed by atoms with Crippen LogP contribution in [-0.2, 0) is 4.79 Å². The molecular formula is C26H24N4O3. The lowest BCUT2D eigenvalue weighted by Gasteiger charge is -2.14. The van der Waals surface area contributed by atoms with E-state index < -0.39 is 0 Å². The summed E-state index contributed by atoms with van der Waals surface area (Å²) in [5, 5.41) is 6.94. The highest BCUT2D eigenvalue weighted by Gasteiger charge is 2.11. The smallest absolute Gasteiger partial charge is 0.247 e. The highest BCUT2D eigenvalue weighted by atomic mass is 16.5. The van der Waals surface area contributed by atoms with Crippen LogP contribution in [0.2, 0.25) is 0 Å². The summed E-state index contributed by atoms with van der Waals surface area (Å²) in [7, 11) is 3.26. The van der Waals surface area contributed by atoms with Gasteiger partial charge in [0.15, 0.2) is 0 Å². The van der Waals surface area contributed by atoms with Gasteiger partial charge in [-0.25, -0.2) is 9.97 Å². The Kier molecular flexibility index (Phi) is 6.22. The number of para-hydroxylation sites is 1. The third kappa shape index (κ3) is 4.77. The fourth-order valence-electron chi connectivity index (χ4n) is 3.48. The van der Waals surface area contributed by atoms with Crippen molar-refractivity contribution in [2.75, 3.05) is 24.9 Å². The molecule has 0 fully saturated rings. The third-order valence-electron chi connectivity index (χ3n) is 5.22. The molecule has 0 saturated carbocycles. The van der Waals surface area contributed by atoms with Crippen LogP contribution in [0.4, 0.5) is 17.3 Å². The molecule has 1 amide bonds. The van der Waals surface area contributed by atoms with Crippen molar-refractivity contribution in [1.29, 1.82) is 0 Å². The molecule has 0 aliphatic heterocycles. The number of ether oxygens (including phenoxy) is 2. The molecule has 0 unspecified atom stereocenters. The van der Waals surface area contributed by atoms with E-state index >= 15 is 0 Å². The summed E-state index contributed by atoms with van der Waals surface area (Å²) in [6, 6.07) is 17.3. The predicted octanol–water partition coefficient (Wildman–Crippen LogP) is 5.49. The Balaban J connectivity index is 1.66. The van der Waals surface area contributed by atoms with Gasteiger partial charge >= 0.3 is 0 Å². The first kappa shape index (κ1) is 21.8. The molecule has 2 N–H and O–H groups in total. The molecule has 7 heteroatoms. The van der Waals surface area contributed by atoms with Crippen LogP contribution in [0.25, 0.3) is 22.0 Å². The average Bonchev–Trinajstić information content (AvgIpc) is 2.85. The molecule has 0 aliphatic rings. The molecule has 0 saturated heterocycles. The number of amides is 1. The van der Waals surface area contributed by atoms with E-state index in [0.717, 1.165) is 44.8 Å². The Morgan fingerprint density at radius 1 is 1.00 bits per heavy atom. The molecule has 7 nitrogen and oxygen atoms in total. The fraction of sp³-hybridized carbons (Fsp3) is 0.115. The fourth-order valence-corrected chi connectivity index (χ4v) is 3.48. The number of aryl methyl sites for hydroxylation is 1. The van der Waals surface area contributed by atoms with Crippen molar-refractivity contribution in [3.63, 3.8) is 0 Å². The van der Waals surface area contributed by atoms with Crippen LogP contribution in [0.5, 0.6) is 11.5 Å². The summed E-state index contributed by atoms with van der Waals surface area (Å²) in [5.41, 5.74) is 5.06. The number of nitrogens with one attached hydrogen (secondary N) is 2. The predicted molar refractivity (Wildman–Crippen MR) is 131 cm³/mol. The van der Waals surface area contributed by atoms with Crippen molar-refractivity contribution in [1.82, 2.24) is 9.97 Å². The van der Waals surface area contributed by atoms with Crippen LogP contribution in [-0.4, -0.2) is 30.1 Å². The van der Waals surface area contributed by atoms with Crippen LogP contribution >= 0.6 is 0 Å². The Bertz CT molecular complexity index is 1330. The zero-order valence-electron chi connectivity index (χ0n) is 18.7. The molecule has 4 aromatic rings. The molecule has 4 rings (SSSR count). The number of carbonyl (C=O) groups excluding carboxylic acids is 1. The summed E-state index contributed by atoms with van der Waals surface area (Å²) < 4.78 is 10.8. The number of anilines is 3. The summed E-state index contributed by atoms with van der Waals surface area (Å²) in [6.45, 7) is 5.45. The average molecular weight is 441 g/mol. The lowest BCUT2D eigenvalue weighted by atomic mass is 10.0. The Morgan fingerprint density at radius 2 is 1.76 bits per heavy atom. The number of benzene rings is 3. The number of fused-ring (bicyclic) bond motifs is 1. The van der Waals surface area contributed by atoms with Gasteiger partial charge in [0, 0.05) is 17.6 Å². The first-order valence-electron chi connectivity index (χ1n) is 10.3. The van der Waals surface area contributed by atoms with Crippen molar-refractivity contribution in [3.05, 3.63) is 79.0 Å². The number of aromatic nitrogens is 2. The maximum Gasteiger partial charge on any atom is 0.247 e. The van der Waals surface area contributed by atoms with Crippen LogP contribution < -0.4 is 20.1 Å². The molecular weight excluding hydrogens is 416 g/mol. The minimum Gasteiger partial charge on any atom is -0.497 e. The standard InChI is InChI=1S/C26H24N4O3/c1-5-24(31)28-23-8-6-7-16(2)25(23)30-26-27-15-19-11-17(9-10-22(19)29-26)18-12-20(32-3)14-21(13-18)33-4/h5-15H,1H2,2-4H3,(H,28,31)(H,27,29,30). The van der Waals surface area contributed by atoms with E-state index in [-0.39, 0.29) is 5.91 Å². The first-order chi connectivity index (χ1) is 16.0. The molecule has 0 bridgehead atoms. The number of nitrogens with zero attached hydrogens (tertiary/aromatic N) is 2. The molecule has 1 heterocycles. The highest BCUT2D eigenvalue weighted by Crippen LogP contribution is 2.32. The second-order valence-corrected chi connectivity index (χ2v) is 7.38. The minimum absolute atomic E-state index is 0.287. The van der Waals surface area contributed by atoms with Crippen molar-refractivity contribution in [2.45, 2.75) is 6.92 Å². The van der Waals surface area contributed by atoms with E-state index in [0.29, 0.717) is 11.6 Å². The molecule has 0 atom stereocenters. The maximum atomic E-state index is 11.8. The molecule has 33 heavy (non-hydrogen) atoms. The van der Waals surface area contributed by atoms with Crippen molar-refractivity contribution in [3.8, 4) is 22.6 Å². The van der Waals surface area contributed by atoms with Gasteiger partial charge in [0.05, 0.1) is 31.1 Å². The largest absolute Gasteiger partial charge is 0.497 e. The van der Waals surface area contributed by atoms with E-state index in [1.54, 1.807) is 20.4 Å². The SMILES string of the molecule is C=CC(=O)Nc1cccc(C)c1Nc1ncc2cc(-c3cc(OC)cc(OC)c3)ccc2n1. The van der Waals surface area contributed by atoms with Crippen molar-refractivity contribution < 1.29 is 14.3 Å². The second-order valence-electron chi connectivity index (χ2n) is 7.38. The van der Waals surface area contributed by atoms with E-state index in [9.17, 15) is 4.79 Å². The van der Waals surface area contributed by atoms with Gasteiger partial charge < -0.3 is 20.1 Å². The zero-order valence-corrected chi connectivity index (χ0v) is 18.7. The Morgan fingerprint density at radius 3 is 2.45 bits per heavy atom. The summed E-state index contributed by atoms with van der Waals surface area (Å²) in [6.07, 6.45) is 3.00. The van der Waals surface area contributed by atoms with Crippen LogP contribution in [0.15, 0.2) is 73.4 Å². The van der Waals surface area contributed by atoms with Gasteiger partial charge in [0.25, 0.3) is 0 Å². The van der Waals surface area contributed by atoms with E-state index in [1.807, 2.05) is 61.5 Å². The van der Waals surface area contributed by atoms with E-state index in [1.165, 1.54) is 6.08 Å². The second kappa shape index (κ2) is 9.40. The molecule has 0 aliphatic carbocycles. The maximum absolute atomic E-state index is 11.8. The first-order valence-corrected chi connectivity index (χ1v) is 10.3. The zero-order chi connectivity index (χ0) is 23.4. The van der Waals surface area contributed by atoms with Gasteiger partial charge in [0.2, 0.25) is 11.9 Å². The van der Waals surface area contributed by atoms with Crippen LogP contribution in [0, 0.1) is 6.92 Å². The number of rotatable bonds is 7. The number of hydrogen-bond acceptors (Lipinski definition) is 6. The molecule has 166 valence electrons. The van der Waals surface area contributed by atoms with E-state index in [2.05, 4.69) is 27.2 Å². The number of hydrogen-bond donors (Lipinski definition) is 2. The monoisotopic (exact) mass is 440 g/mol. The van der Waals surface area contributed by atoms with Crippen molar-refractivity contribution >= 4 is 34.1 Å². The quantitative estimate of drug-likeness (QED) is 0.370. The van der Waals surface area contributed by atoms with Gasteiger partial charge in [-0.2, -0.15) is 0 Å². The van der Waals surface area contributed by atoms with E-state index in [4.69, 9.17) is 9.47 Å². The van der Waals surface area contributed by atoms with Crippen molar-refractivity contribution in [2.24, 2.45) is 0 Å².